The van der Waals surface area contributed by atoms with Crippen LogP contribution >= 0.6 is 0 Å². The summed E-state index contributed by atoms with van der Waals surface area (Å²) in [5, 5.41) is 6.59. The average molecular weight is 111 g/mol. The highest BCUT2D eigenvalue weighted by molar-refractivity contribution is 5.71. The van der Waals surface area contributed by atoms with Crippen molar-refractivity contribution in [3.8, 4) is 0 Å². The van der Waals surface area contributed by atoms with Crippen LogP contribution in [-0.2, 0) is 4.79 Å². The fourth-order valence-corrected chi connectivity index (χ4v) is 0.317. The Balaban J connectivity index is 3.09. The summed E-state index contributed by atoms with van der Waals surface area (Å²) in [4.78, 5) is 10.6. The first kappa shape index (κ1) is 4.76. The van der Waals surface area contributed by atoms with E-state index in [1.165, 1.54) is 12.5 Å². The van der Waals surface area contributed by atoms with E-state index in [0.717, 1.165) is 4.79 Å². The maximum Gasteiger partial charge on any atom is 0.257 e. The number of hydrogen-bond donors (Lipinski definition) is 1. The predicted molar refractivity (Wildman–Crippen MR) is 25.0 cm³/mol. The second kappa shape index (κ2) is 1.61. The minimum Gasteiger partial charge on any atom is -0.321 e. The van der Waals surface area contributed by atoms with Crippen molar-refractivity contribution in [3.63, 3.8) is 0 Å². The Morgan fingerprint density at radius 3 is 2.88 bits per heavy atom. The van der Waals surface area contributed by atoms with E-state index in [1.54, 1.807) is 0 Å². The van der Waals surface area contributed by atoms with Gasteiger partial charge in [-0.25, -0.2) is 0 Å². The van der Waals surface area contributed by atoms with E-state index in [2.05, 4.69) is 10.3 Å². The maximum absolute atomic E-state index is 9.78. The first-order valence-electron chi connectivity index (χ1n) is 1.88. The molecule has 0 amide bonds. The lowest BCUT2D eigenvalue weighted by atomic mass is 10.5. The quantitative estimate of drug-likeness (QED) is 0.445. The third-order valence-corrected chi connectivity index (χ3v) is 0.679. The smallest absolute Gasteiger partial charge is 0.257 e. The summed E-state index contributed by atoms with van der Waals surface area (Å²) in [6.45, 7) is 0. The number of nitrogen functional groups attached to an aromatic ring is 1. The molecule has 0 spiro atoms. The van der Waals surface area contributed by atoms with Crippen molar-refractivity contribution in [2.24, 2.45) is 0 Å². The molecule has 1 heterocycles. The SMILES string of the molecule is Nn1nncc1[C]=O. The van der Waals surface area contributed by atoms with Crippen molar-refractivity contribution in [3.05, 3.63) is 11.9 Å². The Labute approximate surface area is 45.1 Å². The Morgan fingerprint density at radius 2 is 2.62 bits per heavy atom. The van der Waals surface area contributed by atoms with Crippen molar-refractivity contribution in [2.75, 3.05) is 5.84 Å². The van der Waals surface area contributed by atoms with Gasteiger partial charge in [0.15, 0.2) is 5.69 Å². The minimum absolute atomic E-state index is 0.144. The number of hydrogen-bond acceptors (Lipinski definition) is 4. The monoisotopic (exact) mass is 111 g/mol. The lowest BCUT2D eigenvalue weighted by molar-refractivity contribution is 0.559. The van der Waals surface area contributed by atoms with E-state index in [9.17, 15) is 4.79 Å². The zero-order valence-electron chi connectivity index (χ0n) is 3.90. The van der Waals surface area contributed by atoms with Gasteiger partial charge in [-0.05, 0) is 5.21 Å². The fraction of sp³-hybridized carbons (Fsp3) is 0. The molecule has 0 saturated heterocycles. The molecule has 0 aliphatic rings. The summed E-state index contributed by atoms with van der Waals surface area (Å²) in [6.07, 6.45) is 2.77. The van der Waals surface area contributed by atoms with Crippen LogP contribution in [0.15, 0.2) is 6.20 Å². The third-order valence-electron chi connectivity index (χ3n) is 0.679. The topological polar surface area (TPSA) is 73.8 Å². The molecule has 0 aromatic carbocycles. The van der Waals surface area contributed by atoms with E-state index in [4.69, 9.17) is 5.84 Å². The van der Waals surface area contributed by atoms with Gasteiger partial charge in [0.1, 0.15) is 0 Å². The summed E-state index contributed by atoms with van der Waals surface area (Å²) in [5.74, 6) is 5.03. The molecule has 0 aliphatic heterocycles. The maximum atomic E-state index is 9.78. The van der Waals surface area contributed by atoms with Crippen molar-refractivity contribution < 1.29 is 4.79 Å². The lowest BCUT2D eigenvalue weighted by Crippen LogP contribution is -2.13. The molecule has 0 bridgehead atoms. The molecule has 5 nitrogen and oxygen atoms in total. The second-order valence-corrected chi connectivity index (χ2v) is 1.17. The van der Waals surface area contributed by atoms with Crippen LogP contribution in [0.3, 0.4) is 0 Å². The molecule has 2 N–H and O–H groups in total. The molecule has 8 heavy (non-hydrogen) atoms. The lowest BCUT2D eigenvalue weighted by Gasteiger charge is -1.83. The molecule has 1 rings (SSSR count). The van der Waals surface area contributed by atoms with E-state index >= 15 is 0 Å². The van der Waals surface area contributed by atoms with E-state index < -0.39 is 0 Å². The normalized spacial score (nSPS) is 9.00. The van der Waals surface area contributed by atoms with Gasteiger partial charge in [-0.2, -0.15) is 4.79 Å². The van der Waals surface area contributed by atoms with Gasteiger partial charge in [0.2, 0.25) is 0 Å². The molecule has 1 radical (unpaired) electrons. The molecule has 41 valence electrons. The third kappa shape index (κ3) is 0.534. The van der Waals surface area contributed by atoms with Crippen LogP contribution in [0.1, 0.15) is 5.69 Å². The standard InChI is InChI=1S/C3H3N4O/c4-7-3(2-8)1-5-6-7/h1H,4H2. The first-order valence-corrected chi connectivity index (χ1v) is 1.88. The van der Waals surface area contributed by atoms with E-state index in [1.807, 2.05) is 0 Å². The van der Waals surface area contributed by atoms with Gasteiger partial charge in [0, 0.05) is 0 Å². The molecule has 0 unspecified atom stereocenters. The Morgan fingerprint density at radius 1 is 1.88 bits per heavy atom. The number of rotatable bonds is 1. The van der Waals surface area contributed by atoms with Gasteiger partial charge >= 0.3 is 0 Å². The molecule has 0 aliphatic carbocycles. The van der Waals surface area contributed by atoms with Crippen molar-refractivity contribution in [1.82, 2.24) is 15.1 Å². The number of carbonyl (C=O) groups excluding carboxylic acids is 1. The van der Waals surface area contributed by atoms with Crippen molar-refractivity contribution in [2.45, 2.75) is 0 Å². The highest BCUT2D eigenvalue weighted by atomic mass is 16.1. The van der Waals surface area contributed by atoms with Crippen LogP contribution in [0.5, 0.6) is 0 Å². The van der Waals surface area contributed by atoms with Crippen molar-refractivity contribution >= 4 is 6.29 Å². The Kier molecular flexibility index (Phi) is 0.957. The van der Waals surface area contributed by atoms with Crippen LogP contribution < -0.4 is 5.84 Å². The number of nitrogens with two attached hydrogens (primary N) is 1. The van der Waals surface area contributed by atoms with Crippen molar-refractivity contribution in [1.29, 1.82) is 0 Å². The second-order valence-electron chi connectivity index (χ2n) is 1.17. The van der Waals surface area contributed by atoms with Crippen LogP contribution in [0, 0.1) is 0 Å². The Bertz CT molecular complexity index is 193. The highest BCUT2D eigenvalue weighted by Crippen LogP contribution is 1.80. The largest absolute Gasteiger partial charge is 0.321 e. The van der Waals surface area contributed by atoms with E-state index in [0.29, 0.717) is 0 Å². The molecule has 5 heteroatoms. The number of nitrogens with zero attached hydrogens (tertiary/aromatic N) is 3. The summed E-state index contributed by atoms with van der Waals surface area (Å²) in [6, 6.07) is 0. The Hall–Kier alpha value is -1.39. The first-order chi connectivity index (χ1) is 3.84. The summed E-state index contributed by atoms with van der Waals surface area (Å²) < 4.78 is 0. The number of aromatic nitrogens is 3. The van der Waals surface area contributed by atoms with Gasteiger partial charge in [-0.3, -0.25) is 4.79 Å². The summed E-state index contributed by atoms with van der Waals surface area (Å²) in [7, 11) is 0. The molecular weight excluding hydrogens is 108 g/mol. The molecule has 0 fully saturated rings. The van der Waals surface area contributed by atoms with E-state index in [-0.39, 0.29) is 5.69 Å². The summed E-state index contributed by atoms with van der Waals surface area (Å²) >= 11 is 0. The van der Waals surface area contributed by atoms with Crippen LogP contribution in [0.4, 0.5) is 0 Å². The van der Waals surface area contributed by atoms with Gasteiger partial charge in [-0.15, -0.1) is 5.10 Å². The van der Waals surface area contributed by atoms with Crippen LogP contribution in [0.25, 0.3) is 0 Å². The van der Waals surface area contributed by atoms with Gasteiger partial charge in [0.05, 0.1) is 6.20 Å². The van der Waals surface area contributed by atoms with Crippen LogP contribution in [0.2, 0.25) is 0 Å². The molecule has 1 aromatic heterocycles. The molecule has 1 aromatic rings. The average Bonchev–Trinajstić information content (AvgIpc) is 2.14. The van der Waals surface area contributed by atoms with Gasteiger partial charge in [-0.1, -0.05) is 0 Å². The zero-order valence-corrected chi connectivity index (χ0v) is 3.90. The fourth-order valence-electron chi connectivity index (χ4n) is 0.317. The zero-order chi connectivity index (χ0) is 5.98. The summed E-state index contributed by atoms with van der Waals surface area (Å²) in [5.41, 5.74) is 0.144. The molecule has 0 saturated carbocycles. The van der Waals surface area contributed by atoms with Crippen LogP contribution in [-0.4, -0.2) is 21.4 Å². The minimum atomic E-state index is 0.144. The molecular formula is C3H3N4O. The predicted octanol–water partition coefficient (Wildman–Crippen LogP) is -1.55. The van der Waals surface area contributed by atoms with Gasteiger partial charge in [0.25, 0.3) is 6.29 Å². The molecule has 0 atom stereocenters. The highest BCUT2D eigenvalue weighted by Gasteiger charge is 1.95. The van der Waals surface area contributed by atoms with Gasteiger partial charge < -0.3 is 5.84 Å².